The van der Waals surface area contributed by atoms with Gasteiger partial charge < -0.3 is 19.9 Å². The molecular formula is C21H28N4O3. The number of nitrogens with one attached hydrogen (secondary N) is 2. The van der Waals surface area contributed by atoms with E-state index >= 15 is 0 Å². The number of nitrogens with zero attached hydrogens (tertiary/aromatic N) is 2. The molecule has 150 valence electrons. The number of methoxy groups -OCH3 is 1. The standard InChI is InChI=1S/C21H28N4O3/c1-14-8-9-16(15(2)13-14)23-21(27)19-24-18(17-7-4-5-11-25(17)19)20(26)22-10-6-12-28-3/h8-9,13H,4-7,10-12H2,1-3H3,(H,22,26)(H,23,27). The highest BCUT2D eigenvalue weighted by atomic mass is 16.5. The summed E-state index contributed by atoms with van der Waals surface area (Å²) in [7, 11) is 1.63. The zero-order valence-electron chi connectivity index (χ0n) is 16.8. The molecule has 28 heavy (non-hydrogen) atoms. The quantitative estimate of drug-likeness (QED) is 0.719. The molecule has 0 spiro atoms. The fraction of sp³-hybridized carbons (Fsp3) is 0.476. The van der Waals surface area contributed by atoms with E-state index in [1.165, 1.54) is 0 Å². The summed E-state index contributed by atoms with van der Waals surface area (Å²) in [5, 5.41) is 5.82. The van der Waals surface area contributed by atoms with Gasteiger partial charge in [0.2, 0.25) is 0 Å². The number of carbonyl (C=O) groups is 2. The van der Waals surface area contributed by atoms with Crippen molar-refractivity contribution in [3.8, 4) is 0 Å². The van der Waals surface area contributed by atoms with Crippen molar-refractivity contribution < 1.29 is 14.3 Å². The number of anilines is 1. The number of aromatic nitrogens is 2. The van der Waals surface area contributed by atoms with Gasteiger partial charge in [0.15, 0.2) is 5.82 Å². The van der Waals surface area contributed by atoms with Crippen LogP contribution in [0.3, 0.4) is 0 Å². The lowest BCUT2D eigenvalue weighted by Crippen LogP contribution is -2.27. The lowest BCUT2D eigenvalue weighted by molar-refractivity contribution is 0.0942. The zero-order chi connectivity index (χ0) is 20.1. The Morgan fingerprint density at radius 1 is 1.21 bits per heavy atom. The van der Waals surface area contributed by atoms with Crippen molar-refractivity contribution in [2.24, 2.45) is 0 Å². The smallest absolute Gasteiger partial charge is 0.291 e. The number of imidazole rings is 1. The fourth-order valence-corrected chi connectivity index (χ4v) is 3.53. The highest BCUT2D eigenvalue weighted by Gasteiger charge is 2.27. The van der Waals surface area contributed by atoms with Crippen molar-refractivity contribution >= 4 is 17.5 Å². The molecule has 0 saturated carbocycles. The minimum atomic E-state index is -0.284. The van der Waals surface area contributed by atoms with Crippen molar-refractivity contribution in [2.45, 2.75) is 46.1 Å². The van der Waals surface area contributed by atoms with Crippen LogP contribution in [0.1, 0.15) is 57.2 Å². The van der Waals surface area contributed by atoms with E-state index in [2.05, 4.69) is 15.6 Å². The molecule has 2 N–H and O–H groups in total. The number of hydrogen-bond donors (Lipinski definition) is 2. The van der Waals surface area contributed by atoms with Crippen LogP contribution in [0.15, 0.2) is 18.2 Å². The molecule has 1 aromatic carbocycles. The summed E-state index contributed by atoms with van der Waals surface area (Å²) in [6.45, 7) is 5.78. The van der Waals surface area contributed by atoms with Crippen LogP contribution in [0.5, 0.6) is 0 Å². The Balaban J connectivity index is 1.81. The largest absolute Gasteiger partial charge is 0.385 e. The van der Waals surface area contributed by atoms with E-state index in [0.717, 1.165) is 48.2 Å². The average Bonchev–Trinajstić information content (AvgIpc) is 3.07. The second kappa shape index (κ2) is 9.01. The van der Waals surface area contributed by atoms with E-state index in [-0.39, 0.29) is 11.8 Å². The van der Waals surface area contributed by atoms with Crippen LogP contribution in [-0.4, -0.2) is 41.6 Å². The normalized spacial score (nSPS) is 13.1. The van der Waals surface area contributed by atoms with Gasteiger partial charge in [-0.25, -0.2) is 4.98 Å². The summed E-state index contributed by atoms with van der Waals surface area (Å²) in [5.74, 6) is -0.211. The molecule has 0 bridgehead atoms. The molecule has 1 aliphatic rings. The van der Waals surface area contributed by atoms with Gasteiger partial charge in [-0.2, -0.15) is 0 Å². The van der Waals surface area contributed by atoms with Gasteiger partial charge in [-0.1, -0.05) is 17.7 Å². The van der Waals surface area contributed by atoms with E-state index in [0.29, 0.717) is 31.2 Å². The van der Waals surface area contributed by atoms with Gasteiger partial charge in [0.25, 0.3) is 11.8 Å². The SMILES string of the molecule is COCCCNC(=O)c1nc(C(=O)Nc2ccc(C)cc2C)n2c1CCCC2. The first-order chi connectivity index (χ1) is 13.5. The van der Waals surface area contributed by atoms with Crippen LogP contribution in [-0.2, 0) is 17.7 Å². The summed E-state index contributed by atoms with van der Waals surface area (Å²) < 4.78 is 6.90. The number of carbonyl (C=O) groups excluding carboxylic acids is 2. The molecule has 0 saturated heterocycles. The lowest BCUT2D eigenvalue weighted by atomic mass is 10.1. The Labute approximate surface area is 165 Å². The Kier molecular flexibility index (Phi) is 6.46. The molecule has 7 nitrogen and oxygen atoms in total. The van der Waals surface area contributed by atoms with Gasteiger partial charge in [0.05, 0.1) is 5.69 Å². The summed E-state index contributed by atoms with van der Waals surface area (Å²) in [4.78, 5) is 30.0. The first-order valence-electron chi connectivity index (χ1n) is 9.76. The van der Waals surface area contributed by atoms with Gasteiger partial charge in [-0.05, 0) is 51.2 Å². The minimum absolute atomic E-state index is 0.229. The molecule has 2 aromatic rings. The molecule has 2 heterocycles. The first kappa shape index (κ1) is 20.1. The van der Waals surface area contributed by atoms with Crippen LogP contribution < -0.4 is 10.6 Å². The van der Waals surface area contributed by atoms with Gasteiger partial charge in [-0.3, -0.25) is 9.59 Å². The first-order valence-corrected chi connectivity index (χ1v) is 9.76. The van der Waals surface area contributed by atoms with Crippen LogP contribution in [0, 0.1) is 13.8 Å². The lowest BCUT2D eigenvalue weighted by Gasteiger charge is -2.17. The predicted octanol–water partition coefficient (Wildman–Crippen LogP) is 2.85. The minimum Gasteiger partial charge on any atom is -0.385 e. The van der Waals surface area contributed by atoms with Crippen molar-refractivity contribution in [1.29, 1.82) is 0 Å². The van der Waals surface area contributed by atoms with E-state index < -0.39 is 0 Å². The molecule has 1 aliphatic heterocycles. The molecule has 2 amide bonds. The second-order valence-corrected chi connectivity index (χ2v) is 7.21. The molecule has 0 atom stereocenters. The maximum Gasteiger partial charge on any atom is 0.291 e. The van der Waals surface area contributed by atoms with Gasteiger partial charge >= 0.3 is 0 Å². The van der Waals surface area contributed by atoms with Gasteiger partial charge in [0.1, 0.15) is 5.69 Å². The molecule has 0 aliphatic carbocycles. The maximum absolute atomic E-state index is 12.9. The number of hydrogen-bond acceptors (Lipinski definition) is 4. The summed E-state index contributed by atoms with van der Waals surface area (Å²) in [5.41, 5.74) is 4.11. The number of ether oxygens (including phenoxy) is 1. The van der Waals surface area contributed by atoms with E-state index in [9.17, 15) is 9.59 Å². The summed E-state index contributed by atoms with van der Waals surface area (Å²) >= 11 is 0. The molecular weight excluding hydrogens is 356 g/mol. The third-order valence-electron chi connectivity index (χ3n) is 4.98. The maximum atomic E-state index is 12.9. The van der Waals surface area contributed by atoms with Crippen LogP contribution in [0.25, 0.3) is 0 Å². The predicted molar refractivity (Wildman–Crippen MR) is 108 cm³/mol. The Morgan fingerprint density at radius 2 is 2.04 bits per heavy atom. The van der Waals surface area contributed by atoms with Crippen LogP contribution in [0.2, 0.25) is 0 Å². The molecule has 0 radical (unpaired) electrons. The summed E-state index contributed by atoms with van der Waals surface area (Å²) in [6, 6.07) is 5.88. The molecule has 3 rings (SSSR count). The third kappa shape index (κ3) is 4.42. The molecule has 0 fully saturated rings. The number of rotatable bonds is 7. The van der Waals surface area contributed by atoms with Gasteiger partial charge in [0, 0.05) is 32.5 Å². The van der Waals surface area contributed by atoms with Crippen LogP contribution >= 0.6 is 0 Å². The highest BCUT2D eigenvalue weighted by Crippen LogP contribution is 2.23. The van der Waals surface area contributed by atoms with Crippen LogP contribution in [0.4, 0.5) is 5.69 Å². The van der Waals surface area contributed by atoms with E-state index in [4.69, 9.17) is 4.74 Å². The summed E-state index contributed by atoms with van der Waals surface area (Å²) in [6.07, 6.45) is 3.46. The third-order valence-corrected chi connectivity index (χ3v) is 4.98. The highest BCUT2D eigenvalue weighted by molar-refractivity contribution is 6.04. The number of fused-ring (bicyclic) bond motifs is 1. The number of aryl methyl sites for hydroxylation is 2. The molecule has 1 aromatic heterocycles. The second-order valence-electron chi connectivity index (χ2n) is 7.21. The molecule has 7 heteroatoms. The number of amides is 2. The van der Waals surface area contributed by atoms with Crippen molar-refractivity contribution in [3.05, 3.63) is 46.5 Å². The van der Waals surface area contributed by atoms with Crippen molar-refractivity contribution in [1.82, 2.24) is 14.9 Å². The van der Waals surface area contributed by atoms with Crippen molar-refractivity contribution in [2.75, 3.05) is 25.6 Å². The molecule has 0 unspecified atom stereocenters. The monoisotopic (exact) mass is 384 g/mol. The van der Waals surface area contributed by atoms with E-state index in [1.54, 1.807) is 7.11 Å². The Bertz CT molecular complexity index is 873. The van der Waals surface area contributed by atoms with Gasteiger partial charge in [-0.15, -0.1) is 0 Å². The van der Waals surface area contributed by atoms with E-state index in [1.807, 2.05) is 36.6 Å². The zero-order valence-corrected chi connectivity index (χ0v) is 16.8. The Morgan fingerprint density at radius 3 is 2.79 bits per heavy atom. The fourth-order valence-electron chi connectivity index (χ4n) is 3.53. The topological polar surface area (TPSA) is 85.2 Å². The van der Waals surface area contributed by atoms with Crippen molar-refractivity contribution in [3.63, 3.8) is 0 Å². The number of benzene rings is 1. The Hall–Kier alpha value is -2.67. The average molecular weight is 384 g/mol.